The number of hydrogen-bond donors (Lipinski definition) is 1. The van der Waals surface area contributed by atoms with Crippen molar-refractivity contribution < 1.29 is 14.3 Å². The summed E-state index contributed by atoms with van der Waals surface area (Å²) < 4.78 is 5.06. The summed E-state index contributed by atoms with van der Waals surface area (Å²) in [4.78, 5) is 28.7. The first kappa shape index (κ1) is 24.0. The van der Waals surface area contributed by atoms with Crippen LogP contribution < -0.4 is 5.32 Å². The minimum atomic E-state index is -0.132. The Labute approximate surface area is 201 Å². The number of carbonyl (C=O) groups excluding carboxylic acids is 2. The highest BCUT2D eigenvalue weighted by molar-refractivity contribution is 6.03. The Morgan fingerprint density at radius 2 is 1.76 bits per heavy atom. The second kappa shape index (κ2) is 10.8. The van der Waals surface area contributed by atoms with Crippen molar-refractivity contribution in [3.8, 4) is 6.07 Å². The fourth-order valence-corrected chi connectivity index (χ4v) is 5.10. The normalized spacial score (nSPS) is 16.6. The van der Waals surface area contributed by atoms with Crippen molar-refractivity contribution in [1.29, 1.82) is 5.26 Å². The number of likely N-dealkylation sites (tertiary alicyclic amines) is 1. The van der Waals surface area contributed by atoms with E-state index >= 15 is 0 Å². The smallest absolute Gasteiger partial charge is 0.254 e. The van der Waals surface area contributed by atoms with Crippen LogP contribution in [-0.2, 0) is 4.74 Å². The fourth-order valence-electron chi connectivity index (χ4n) is 5.10. The van der Waals surface area contributed by atoms with Gasteiger partial charge < -0.3 is 15.0 Å². The minimum Gasteiger partial charge on any atom is -0.383 e. The van der Waals surface area contributed by atoms with Gasteiger partial charge >= 0.3 is 0 Å². The van der Waals surface area contributed by atoms with Crippen LogP contribution in [0.4, 0.5) is 0 Å². The van der Waals surface area contributed by atoms with Crippen molar-refractivity contribution in [1.82, 2.24) is 10.2 Å². The van der Waals surface area contributed by atoms with Gasteiger partial charge in [0.1, 0.15) is 0 Å². The van der Waals surface area contributed by atoms with Crippen molar-refractivity contribution in [3.63, 3.8) is 0 Å². The lowest BCUT2D eigenvalue weighted by molar-refractivity contribution is 0.0709. The molecule has 0 bridgehead atoms. The van der Waals surface area contributed by atoms with Crippen LogP contribution >= 0.6 is 0 Å². The first-order valence-electron chi connectivity index (χ1n) is 12.2. The molecule has 0 spiro atoms. The van der Waals surface area contributed by atoms with E-state index in [1.807, 2.05) is 48.2 Å². The lowest BCUT2D eigenvalue weighted by Crippen LogP contribution is -2.39. The molecule has 178 valence electrons. The van der Waals surface area contributed by atoms with E-state index in [1.54, 1.807) is 7.11 Å². The number of piperidine rings is 1. The largest absolute Gasteiger partial charge is 0.383 e. The van der Waals surface area contributed by atoms with E-state index < -0.39 is 0 Å². The number of ether oxygens (including phenoxy) is 1. The van der Waals surface area contributed by atoms with Gasteiger partial charge in [-0.15, -0.1) is 0 Å². The number of amides is 2. The summed E-state index contributed by atoms with van der Waals surface area (Å²) >= 11 is 0. The van der Waals surface area contributed by atoms with Gasteiger partial charge in [-0.1, -0.05) is 24.6 Å². The third-order valence-electron chi connectivity index (χ3n) is 7.31. The molecule has 2 amide bonds. The molecular weight excluding hydrogens is 426 g/mol. The molecule has 1 heterocycles. The predicted molar refractivity (Wildman–Crippen MR) is 131 cm³/mol. The lowest BCUT2D eigenvalue weighted by atomic mass is 9.74. The molecule has 2 aliphatic rings. The van der Waals surface area contributed by atoms with E-state index in [4.69, 9.17) is 10.00 Å². The monoisotopic (exact) mass is 459 g/mol. The number of carbonyl (C=O) groups is 2. The molecule has 1 saturated heterocycles. The van der Waals surface area contributed by atoms with Crippen LogP contribution in [0, 0.1) is 18.3 Å². The molecule has 1 saturated carbocycles. The Bertz CT molecular complexity index is 1080. The topological polar surface area (TPSA) is 82.4 Å². The maximum absolute atomic E-state index is 13.8. The minimum absolute atomic E-state index is 0.0456. The van der Waals surface area contributed by atoms with Gasteiger partial charge in [-0.2, -0.15) is 5.26 Å². The SMILES string of the molecule is COCCNC(=O)c1ccc(C)c(C(=O)N2CCC(c3ccc(C#N)cc3)CC2)c1C1CCC1. The average molecular weight is 460 g/mol. The van der Waals surface area contributed by atoms with E-state index in [0.717, 1.165) is 48.8 Å². The highest BCUT2D eigenvalue weighted by atomic mass is 16.5. The van der Waals surface area contributed by atoms with Gasteiger partial charge in [0.15, 0.2) is 0 Å². The molecular formula is C28H33N3O3. The number of nitrogens with zero attached hydrogens (tertiary/aromatic N) is 2. The van der Waals surface area contributed by atoms with E-state index in [2.05, 4.69) is 11.4 Å². The quantitative estimate of drug-likeness (QED) is 0.617. The molecule has 0 atom stereocenters. The zero-order chi connectivity index (χ0) is 24.1. The lowest BCUT2D eigenvalue weighted by Gasteiger charge is -2.35. The van der Waals surface area contributed by atoms with E-state index in [-0.39, 0.29) is 17.7 Å². The third kappa shape index (κ3) is 5.00. The van der Waals surface area contributed by atoms with Gasteiger partial charge in [0, 0.05) is 37.9 Å². The van der Waals surface area contributed by atoms with Gasteiger partial charge in [-0.05, 0) is 79.3 Å². The van der Waals surface area contributed by atoms with Crippen molar-refractivity contribution >= 4 is 11.8 Å². The van der Waals surface area contributed by atoms with Gasteiger partial charge in [-0.3, -0.25) is 9.59 Å². The van der Waals surface area contributed by atoms with Crippen LogP contribution in [0.25, 0.3) is 0 Å². The molecule has 0 aromatic heterocycles. The maximum atomic E-state index is 13.8. The Hall–Kier alpha value is -3.17. The molecule has 0 radical (unpaired) electrons. The summed E-state index contributed by atoms with van der Waals surface area (Å²) in [5.74, 6) is 0.567. The number of aryl methyl sites for hydroxylation is 1. The number of methoxy groups -OCH3 is 1. The molecule has 34 heavy (non-hydrogen) atoms. The first-order valence-corrected chi connectivity index (χ1v) is 12.2. The summed E-state index contributed by atoms with van der Waals surface area (Å²) in [6, 6.07) is 13.7. The predicted octanol–water partition coefficient (Wildman–Crippen LogP) is 4.53. The van der Waals surface area contributed by atoms with E-state index in [0.29, 0.717) is 43.3 Å². The van der Waals surface area contributed by atoms with Crippen molar-refractivity contribution in [2.45, 2.75) is 50.9 Å². The van der Waals surface area contributed by atoms with Crippen LogP contribution in [-0.4, -0.2) is 50.1 Å². The molecule has 0 unspecified atom stereocenters. The summed E-state index contributed by atoms with van der Waals surface area (Å²) in [7, 11) is 1.61. The van der Waals surface area contributed by atoms with Gasteiger partial charge in [0.2, 0.25) is 0 Å². The van der Waals surface area contributed by atoms with Crippen molar-refractivity contribution in [3.05, 3.63) is 69.8 Å². The number of nitriles is 1. The summed E-state index contributed by atoms with van der Waals surface area (Å²) in [6.07, 6.45) is 4.96. The first-order chi connectivity index (χ1) is 16.5. The zero-order valence-electron chi connectivity index (χ0n) is 20.1. The second-order valence-electron chi connectivity index (χ2n) is 9.40. The van der Waals surface area contributed by atoms with Crippen LogP contribution in [0.3, 0.4) is 0 Å². The number of benzene rings is 2. The number of nitrogens with one attached hydrogen (secondary N) is 1. The zero-order valence-corrected chi connectivity index (χ0v) is 20.1. The molecule has 1 aliphatic heterocycles. The Morgan fingerprint density at radius 3 is 2.35 bits per heavy atom. The highest BCUT2D eigenvalue weighted by Gasteiger charge is 2.33. The van der Waals surface area contributed by atoms with Crippen LogP contribution in [0.1, 0.15) is 86.9 Å². The Morgan fingerprint density at radius 1 is 1.06 bits per heavy atom. The summed E-state index contributed by atoms with van der Waals surface area (Å²) in [5, 5.41) is 12.0. The van der Waals surface area contributed by atoms with Crippen LogP contribution in [0.15, 0.2) is 36.4 Å². The molecule has 1 aliphatic carbocycles. The third-order valence-corrected chi connectivity index (χ3v) is 7.31. The van der Waals surface area contributed by atoms with Crippen LogP contribution in [0.2, 0.25) is 0 Å². The molecule has 2 aromatic carbocycles. The molecule has 4 rings (SSSR count). The molecule has 1 N–H and O–H groups in total. The second-order valence-corrected chi connectivity index (χ2v) is 9.40. The molecule has 6 nitrogen and oxygen atoms in total. The molecule has 6 heteroatoms. The van der Waals surface area contributed by atoms with Crippen molar-refractivity contribution in [2.24, 2.45) is 0 Å². The van der Waals surface area contributed by atoms with Gasteiger partial charge in [0.25, 0.3) is 11.8 Å². The average Bonchev–Trinajstić information content (AvgIpc) is 2.83. The summed E-state index contributed by atoms with van der Waals surface area (Å²) in [5.41, 5.74) is 5.12. The number of hydrogen-bond acceptors (Lipinski definition) is 4. The van der Waals surface area contributed by atoms with E-state index in [9.17, 15) is 9.59 Å². The molecule has 2 fully saturated rings. The van der Waals surface area contributed by atoms with Gasteiger partial charge in [-0.25, -0.2) is 0 Å². The van der Waals surface area contributed by atoms with Crippen molar-refractivity contribution in [2.75, 3.05) is 33.4 Å². The van der Waals surface area contributed by atoms with E-state index in [1.165, 1.54) is 5.56 Å². The number of rotatable bonds is 7. The van der Waals surface area contributed by atoms with Gasteiger partial charge in [0.05, 0.1) is 18.2 Å². The maximum Gasteiger partial charge on any atom is 0.254 e. The van der Waals surface area contributed by atoms with Crippen LogP contribution in [0.5, 0.6) is 0 Å². The Kier molecular flexibility index (Phi) is 7.64. The highest BCUT2D eigenvalue weighted by Crippen LogP contribution is 2.41. The molecule has 2 aromatic rings. The summed E-state index contributed by atoms with van der Waals surface area (Å²) in [6.45, 7) is 4.26. The standard InChI is InChI=1S/C28H33N3O3/c1-19-6-11-24(27(32)30-14-17-34-2)26(23-4-3-5-23)25(19)28(33)31-15-12-22(13-16-31)21-9-7-20(18-29)8-10-21/h6-11,22-23H,3-5,12-17H2,1-2H3,(H,30,32). The Balaban J connectivity index is 1.53. The fraction of sp³-hybridized carbons (Fsp3) is 0.464.